The van der Waals surface area contributed by atoms with E-state index in [4.69, 9.17) is 0 Å². The lowest BCUT2D eigenvalue weighted by Gasteiger charge is -2.41. The van der Waals surface area contributed by atoms with Crippen molar-refractivity contribution in [2.24, 2.45) is 17.3 Å². The summed E-state index contributed by atoms with van der Waals surface area (Å²) in [7, 11) is 4.16. The Bertz CT molecular complexity index is 557. The lowest BCUT2D eigenvalue weighted by atomic mass is 9.80. The first-order chi connectivity index (χ1) is 13.5. The molecule has 1 rings (SSSR count). The van der Waals surface area contributed by atoms with Crippen LogP contribution >= 0.6 is 0 Å². The maximum absolute atomic E-state index is 12.8. The van der Waals surface area contributed by atoms with Gasteiger partial charge in [0.1, 0.15) is 0 Å². The summed E-state index contributed by atoms with van der Waals surface area (Å²) >= 11 is 0. The van der Waals surface area contributed by atoms with Crippen LogP contribution in [-0.2, 0) is 9.59 Å². The maximum atomic E-state index is 12.8. The highest BCUT2D eigenvalue weighted by molar-refractivity contribution is 5.94. The number of carbonyl (C=O) groups excluding carboxylic acids is 3. The van der Waals surface area contributed by atoms with Crippen molar-refractivity contribution in [3.63, 3.8) is 0 Å². The van der Waals surface area contributed by atoms with E-state index in [0.717, 1.165) is 25.8 Å². The first-order valence-corrected chi connectivity index (χ1v) is 11.2. The van der Waals surface area contributed by atoms with Crippen LogP contribution in [0.3, 0.4) is 0 Å². The molecule has 168 valence electrons. The van der Waals surface area contributed by atoms with E-state index in [0.29, 0.717) is 38.5 Å². The number of hydrogen-bond donors (Lipinski definition) is 2. The van der Waals surface area contributed by atoms with Gasteiger partial charge >= 0.3 is 6.03 Å². The summed E-state index contributed by atoms with van der Waals surface area (Å²) in [6.07, 6.45) is 3.01. The topological polar surface area (TPSA) is 74.2 Å². The number of nitrogens with zero attached hydrogens (tertiary/aromatic N) is 2. The fraction of sp³-hybridized carbons (Fsp3) is 0.864. The van der Waals surface area contributed by atoms with Gasteiger partial charge in [0.05, 0.1) is 20.6 Å². The van der Waals surface area contributed by atoms with E-state index in [1.54, 1.807) is 0 Å². The van der Waals surface area contributed by atoms with Crippen LogP contribution in [0.25, 0.3) is 0 Å². The molecule has 7 nitrogen and oxygen atoms in total. The highest BCUT2D eigenvalue weighted by Crippen LogP contribution is 2.31. The molecule has 1 heterocycles. The average molecular weight is 412 g/mol. The van der Waals surface area contributed by atoms with Crippen molar-refractivity contribution < 1.29 is 19.3 Å². The molecule has 0 saturated carbocycles. The lowest BCUT2D eigenvalue weighted by molar-refractivity contribution is -0.858. The Morgan fingerprint density at radius 1 is 1.14 bits per heavy atom. The smallest absolute Gasteiger partial charge is 0.324 e. The van der Waals surface area contributed by atoms with Gasteiger partial charge in [0.15, 0.2) is 0 Å². The van der Waals surface area contributed by atoms with Gasteiger partial charge in [-0.1, -0.05) is 34.1 Å². The first-order valence-electron chi connectivity index (χ1n) is 11.2. The molecule has 1 aliphatic heterocycles. The van der Waals surface area contributed by atoms with Crippen LogP contribution < -0.4 is 10.2 Å². The van der Waals surface area contributed by atoms with Gasteiger partial charge in [-0.2, -0.15) is 0 Å². The predicted molar refractivity (Wildman–Crippen MR) is 116 cm³/mol. The van der Waals surface area contributed by atoms with Crippen molar-refractivity contribution in [2.75, 3.05) is 46.8 Å². The van der Waals surface area contributed by atoms with Gasteiger partial charge in [-0.05, 0) is 25.2 Å². The number of amides is 4. The van der Waals surface area contributed by atoms with Crippen LogP contribution in [0.2, 0.25) is 0 Å². The summed E-state index contributed by atoms with van der Waals surface area (Å²) in [6.45, 7) is 13.1. The van der Waals surface area contributed by atoms with Gasteiger partial charge in [-0.3, -0.25) is 14.5 Å². The molecule has 0 aromatic carbocycles. The van der Waals surface area contributed by atoms with Crippen molar-refractivity contribution in [3.05, 3.63) is 0 Å². The van der Waals surface area contributed by atoms with Gasteiger partial charge < -0.3 is 15.1 Å². The van der Waals surface area contributed by atoms with E-state index in [2.05, 4.69) is 26.3 Å². The number of rotatable bonds is 8. The Labute approximate surface area is 177 Å². The van der Waals surface area contributed by atoms with Crippen LogP contribution in [0, 0.1) is 17.3 Å². The van der Waals surface area contributed by atoms with Gasteiger partial charge in [0.25, 0.3) is 0 Å². The van der Waals surface area contributed by atoms with Gasteiger partial charge in [0, 0.05) is 44.4 Å². The first kappa shape index (κ1) is 25.4. The van der Waals surface area contributed by atoms with E-state index in [1.165, 1.54) is 9.80 Å². The van der Waals surface area contributed by atoms with E-state index in [1.807, 2.05) is 32.6 Å². The van der Waals surface area contributed by atoms with E-state index in [9.17, 15) is 14.4 Å². The molecule has 0 radical (unpaired) electrons. The molecule has 2 atom stereocenters. The highest BCUT2D eigenvalue weighted by atomic mass is 16.2. The molecule has 1 fully saturated rings. The van der Waals surface area contributed by atoms with Crippen molar-refractivity contribution in [3.8, 4) is 0 Å². The van der Waals surface area contributed by atoms with Crippen molar-refractivity contribution in [1.82, 2.24) is 15.1 Å². The van der Waals surface area contributed by atoms with E-state index >= 15 is 0 Å². The summed E-state index contributed by atoms with van der Waals surface area (Å²) < 4.78 is 0. The van der Waals surface area contributed by atoms with Crippen molar-refractivity contribution in [1.29, 1.82) is 0 Å². The molecule has 0 bridgehead atoms. The molecule has 29 heavy (non-hydrogen) atoms. The van der Waals surface area contributed by atoms with Crippen LogP contribution in [0.5, 0.6) is 0 Å². The summed E-state index contributed by atoms with van der Waals surface area (Å²) in [5.74, 6) is 0.580. The van der Waals surface area contributed by atoms with Crippen LogP contribution in [0.15, 0.2) is 0 Å². The third-order valence-electron chi connectivity index (χ3n) is 5.77. The molecule has 1 aliphatic rings. The van der Waals surface area contributed by atoms with Crippen LogP contribution in [0.1, 0.15) is 60.3 Å². The summed E-state index contributed by atoms with van der Waals surface area (Å²) in [4.78, 5) is 42.5. The molecule has 0 aromatic rings. The minimum absolute atomic E-state index is 0.109. The Balaban J connectivity index is 2.62. The minimum Gasteiger partial charge on any atom is -0.342 e. The second kappa shape index (κ2) is 11.5. The number of piperidine rings is 1. The number of imide groups is 1. The molecular formula is C22H43N4O3+. The van der Waals surface area contributed by atoms with Gasteiger partial charge in [0.2, 0.25) is 11.8 Å². The number of carbonyl (C=O) groups is 3. The number of nitrogens with one attached hydrogen (secondary N) is 2. The Morgan fingerprint density at radius 2 is 1.79 bits per heavy atom. The molecule has 0 unspecified atom stereocenters. The molecule has 1 saturated heterocycles. The second-order valence-corrected chi connectivity index (χ2v) is 9.60. The third-order valence-corrected chi connectivity index (χ3v) is 5.77. The predicted octanol–water partition coefficient (Wildman–Crippen LogP) is 1.39. The molecule has 4 amide bonds. The minimum atomic E-state index is -0.383. The quantitative estimate of drug-likeness (QED) is 0.593. The Kier molecular flexibility index (Phi) is 10.1. The zero-order chi connectivity index (χ0) is 22.2. The van der Waals surface area contributed by atoms with Crippen LogP contribution in [0.4, 0.5) is 4.79 Å². The van der Waals surface area contributed by atoms with Gasteiger partial charge in [-0.15, -0.1) is 0 Å². The molecule has 0 aromatic heterocycles. The number of hydrogen-bond acceptors (Lipinski definition) is 3. The second-order valence-electron chi connectivity index (χ2n) is 9.60. The summed E-state index contributed by atoms with van der Waals surface area (Å²) in [5, 5.41) is 2.87. The Morgan fingerprint density at radius 3 is 2.31 bits per heavy atom. The zero-order valence-corrected chi connectivity index (χ0v) is 19.6. The number of likely N-dealkylation sites (tertiary alicyclic amines) is 1. The zero-order valence-electron chi connectivity index (χ0n) is 19.6. The molecule has 7 heteroatoms. The average Bonchev–Trinajstić information content (AvgIpc) is 2.64. The number of quaternary nitrogens is 1. The summed E-state index contributed by atoms with van der Waals surface area (Å²) in [5.41, 5.74) is -0.383. The Hall–Kier alpha value is -1.63. The molecule has 2 N–H and O–H groups in total. The molecular weight excluding hydrogens is 368 g/mol. The number of urea groups is 1. The van der Waals surface area contributed by atoms with E-state index < -0.39 is 0 Å². The third kappa shape index (κ3) is 7.96. The highest BCUT2D eigenvalue weighted by Gasteiger charge is 2.36. The monoisotopic (exact) mass is 411 g/mol. The normalized spacial score (nSPS) is 19.9. The van der Waals surface area contributed by atoms with Gasteiger partial charge in [-0.25, -0.2) is 4.79 Å². The SMILES string of the molecule is CC[C@H]1CN(C(=O)C(C)(C)C)CC[C@H]1CC(=O)N(CC)C(=O)NCCC[NH+](C)C. The fourth-order valence-corrected chi connectivity index (χ4v) is 3.97. The van der Waals surface area contributed by atoms with E-state index in [-0.39, 0.29) is 29.2 Å². The fourth-order valence-electron chi connectivity index (χ4n) is 3.97. The molecule has 0 spiro atoms. The van der Waals surface area contributed by atoms with Crippen molar-refractivity contribution in [2.45, 2.75) is 60.3 Å². The van der Waals surface area contributed by atoms with Crippen molar-refractivity contribution >= 4 is 17.8 Å². The van der Waals surface area contributed by atoms with Crippen LogP contribution in [-0.4, -0.2) is 74.5 Å². The summed E-state index contributed by atoms with van der Waals surface area (Å²) in [6, 6.07) is -0.292. The largest absolute Gasteiger partial charge is 0.342 e. The lowest BCUT2D eigenvalue weighted by Crippen LogP contribution is -3.05. The standard InChI is InChI=1S/C22H42N4O3/c1-8-17-16-25(20(28)22(3,4)5)14-11-18(17)15-19(27)26(9-2)21(29)23-12-10-13-24(6)7/h17-18H,8-16H2,1-7H3,(H,23,29)/p+1/t17-,18-/m0/s1. The maximum Gasteiger partial charge on any atom is 0.324 e. The molecule has 0 aliphatic carbocycles.